The molecular weight excluding hydrogens is 266 g/mol. The molecule has 1 fully saturated rings. The van der Waals surface area contributed by atoms with Crippen LogP contribution in [0.2, 0.25) is 0 Å². The van der Waals surface area contributed by atoms with Crippen LogP contribution < -0.4 is 0 Å². The van der Waals surface area contributed by atoms with E-state index in [4.69, 9.17) is 4.74 Å². The zero-order valence-corrected chi connectivity index (χ0v) is 13.7. The first-order valence-corrected chi connectivity index (χ1v) is 7.26. The third-order valence-corrected chi connectivity index (χ3v) is 3.04. The van der Waals surface area contributed by atoms with Gasteiger partial charge in [0.05, 0.1) is 0 Å². The Morgan fingerprint density at radius 2 is 2.00 bits per heavy atom. The van der Waals surface area contributed by atoms with Gasteiger partial charge in [0.2, 0.25) is 0 Å². The van der Waals surface area contributed by atoms with Crippen LogP contribution in [0.25, 0.3) is 0 Å². The molecule has 1 saturated heterocycles. The fraction of sp³-hybridized carbons (Fsp3) is 0.529. The predicted molar refractivity (Wildman–Crippen MR) is 83.8 cm³/mol. The van der Waals surface area contributed by atoms with Gasteiger partial charge in [0.1, 0.15) is 5.60 Å². The van der Waals surface area contributed by atoms with E-state index in [-0.39, 0.29) is 5.91 Å². The Hall–Kier alpha value is -1.84. The van der Waals surface area contributed by atoms with Crippen molar-refractivity contribution in [3.05, 3.63) is 35.5 Å². The van der Waals surface area contributed by atoms with E-state index in [2.05, 4.69) is 6.58 Å². The molecule has 0 saturated carbocycles. The summed E-state index contributed by atoms with van der Waals surface area (Å²) in [4.78, 5) is 25.6. The highest BCUT2D eigenvalue weighted by molar-refractivity contribution is 6.05. The highest BCUT2D eigenvalue weighted by Gasteiger charge is 2.35. The summed E-state index contributed by atoms with van der Waals surface area (Å²) in [5, 5.41) is 0. The minimum absolute atomic E-state index is 0.243. The smallest absolute Gasteiger partial charge is 0.417 e. The quantitative estimate of drug-likeness (QED) is 0.583. The fourth-order valence-electron chi connectivity index (χ4n) is 2.06. The van der Waals surface area contributed by atoms with Gasteiger partial charge in [0.15, 0.2) is 0 Å². The van der Waals surface area contributed by atoms with Crippen molar-refractivity contribution in [1.29, 1.82) is 0 Å². The molecule has 0 bridgehead atoms. The zero-order valence-electron chi connectivity index (χ0n) is 13.7. The minimum atomic E-state index is -0.600. The van der Waals surface area contributed by atoms with E-state index >= 15 is 0 Å². The van der Waals surface area contributed by atoms with Crippen molar-refractivity contribution in [3.8, 4) is 0 Å². The van der Waals surface area contributed by atoms with E-state index in [0.29, 0.717) is 18.5 Å². The van der Waals surface area contributed by atoms with Crippen LogP contribution in [0.15, 0.2) is 35.5 Å². The predicted octanol–water partition coefficient (Wildman–Crippen LogP) is 3.99. The maximum atomic E-state index is 12.4. The van der Waals surface area contributed by atoms with E-state index in [1.807, 2.05) is 26.0 Å². The molecular formula is C17H25NO3. The molecule has 4 nitrogen and oxygen atoms in total. The molecule has 116 valence electrons. The Kier molecular flexibility index (Phi) is 5.53. The monoisotopic (exact) mass is 291 g/mol. The van der Waals surface area contributed by atoms with Gasteiger partial charge >= 0.3 is 6.09 Å². The molecule has 0 atom stereocenters. The molecule has 0 aromatic heterocycles. The van der Waals surface area contributed by atoms with Crippen LogP contribution in [0.3, 0.4) is 0 Å². The largest absolute Gasteiger partial charge is 0.443 e. The Morgan fingerprint density at radius 1 is 1.38 bits per heavy atom. The van der Waals surface area contributed by atoms with E-state index in [1.54, 1.807) is 20.8 Å². The fourth-order valence-corrected chi connectivity index (χ4v) is 2.06. The molecule has 1 rings (SSSR count). The number of carbonyl (C=O) groups excluding carboxylic acids is 2. The standard InChI is InChI=1S/C17H25NO3/c1-7-13(9-8-12(2)3)14-10-11-18(15(14)19)16(20)21-17(4,5)6/h8-9H,2,7,10-11H2,1,3-6H3/b9-8-,14-13+. The molecule has 4 heteroatoms. The van der Waals surface area contributed by atoms with Crippen LogP contribution in [0, 0.1) is 0 Å². The summed E-state index contributed by atoms with van der Waals surface area (Å²) in [6, 6.07) is 0. The van der Waals surface area contributed by atoms with Gasteiger partial charge in [-0.2, -0.15) is 0 Å². The summed E-state index contributed by atoms with van der Waals surface area (Å²) in [6.45, 7) is 13.5. The first-order valence-electron chi connectivity index (χ1n) is 7.26. The Balaban J connectivity index is 2.94. The van der Waals surface area contributed by atoms with Crippen molar-refractivity contribution in [3.63, 3.8) is 0 Å². The number of imide groups is 1. The number of rotatable bonds is 3. The molecule has 0 radical (unpaired) electrons. The van der Waals surface area contributed by atoms with Crippen LogP contribution in [0.4, 0.5) is 4.79 Å². The summed E-state index contributed by atoms with van der Waals surface area (Å²) in [5.74, 6) is -0.243. The van der Waals surface area contributed by atoms with Crippen LogP contribution in [-0.2, 0) is 9.53 Å². The third-order valence-electron chi connectivity index (χ3n) is 3.04. The molecule has 2 amide bonds. The molecule has 0 aliphatic carbocycles. The van der Waals surface area contributed by atoms with Crippen molar-refractivity contribution in [2.75, 3.05) is 6.54 Å². The van der Waals surface area contributed by atoms with E-state index in [9.17, 15) is 9.59 Å². The molecule has 1 aliphatic heterocycles. The summed E-state index contributed by atoms with van der Waals surface area (Å²) in [6.07, 6.45) is 4.54. The lowest BCUT2D eigenvalue weighted by Crippen LogP contribution is -2.37. The summed E-state index contributed by atoms with van der Waals surface area (Å²) >= 11 is 0. The van der Waals surface area contributed by atoms with Crippen molar-refractivity contribution in [2.45, 2.75) is 53.1 Å². The van der Waals surface area contributed by atoms with Crippen LogP contribution >= 0.6 is 0 Å². The van der Waals surface area contributed by atoms with Crippen LogP contribution in [-0.4, -0.2) is 29.0 Å². The lowest BCUT2D eigenvalue weighted by Gasteiger charge is -2.23. The van der Waals surface area contributed by atoms with Crippen molar-refractivity contribution < 1.29 is 14.3 Å². The SMILES string of the molecule is C=C(C)/C=C\C(CC)=C1/CCN(C(=O)OC(C)(C)C)C1=O. The molecule has 0 aromatic rings. The molecule has 1 heterocycles. The summed E-state index contributed by atoms with van der Waals surface area (Å²) in [7, 11) is 0. The maximum Gasteiger partial charge on any atom is 0.417 e. The number of nitrogens with zero attached hydrogens (tertiary/aromatic N) is 1. The number of carbonyl (C=O) groups is 2. The highest BCUT2D eigenvalue weighted by Crippen LogP contribution is 2.25. The normalized spacial score (nSPS) is 18.3. The molecule has 0 spiro atoms. The lowest BCUT2D eigenvalue weighted by atomic mass is 10.0. The van der Waals surface area contributed by atoms with Crippen LogP contribution in [0.1, 0.15) is 47.5 Å². The molecule has 21 heavy (non-hydrogen) atoms. The van der Waals surface area contributed by atoms with Gasteiger partial charge in [-0.15, -0.1) is 0 Å². The van der Waals surface area contributed by atoms with Crippen molar-refractivity contribution in [2.24, 2.45) is 0 Å². The van der Waals surface area contributed by atoms with Gasteiger partial charge < -0.3 is 4.74 Å². The first kappa shape index (κ1) is 17.2. The second-order valence-corrected chi connectivity index (χ2v) is 6.22. The summed E-state index contributed by atoms with van der Waals surface area (Å²) in [5.41, 5.74) is 1.97. The van der Waals surface area contributed by atoms with E-state index in [1.165, 1.54) is 4.90 Å². The highest BCUT2D eigenvalue weighted by atomic mass is 16.6. The molecule has 0 unspecified atom stereocenters. The average Bonchev–Trinajstić information content (AvgIpc) is 2.70. The van der Waals surface area contributed by atoms with Crippen molar-refractivity contribution in [1.82, 2.24) is 4.90 Å². The second kappa shape index (κ2) is 6.74. The first-order chi connectivity index (χ1) is 9.65. The number of ether oxygens (including phenoxy) is 1. The van der Waals surface area contributed by atoms with Gasteiger partial charge in [-0.05, 0) is 46.1 Å². The second-order valence-electron chi connectivity index (χ2n) is 6.22. The zero-order chi connectivity index (χ0) is 16.2. The number of hydrogen-bond donors (Lipinski definition) is 0. The van der Waals surface area contributed by atoms with Gasteiger partial charge in [0.25, 0.3) is 5.91 Å². The summed E-state index contributed by atoms with van der Waals surface area (Å²) < 4.78 is 5.26. The molecule has 1 aliphatic rings. The van der Waals surface area contributed by atoms with Crippen molar-refractivity contribution >= 4 is 12.0 Å². The average molecular weight is 291 g/mol. The maximum absolute atomic E-state index is 12.4. The van der Waals surface area contributed by atoms with E-state index < -0.39 is 11.7 Å². The topological polar surface area (TPSA) is 46.6 Å². The molecule has 0 aromatic carbocycles. The number of amides is 2. The van der Waals surface area contributed by atoms with Gasteiger partial charge in [0, 0.05) is 12.1 Å². The van der Waals surface area contributed by atoms with Gasteiger partial charge in [-0.3, -0.25) is 4.79 Å². The molecule has 0 N–H and O–H groups in total. The Bertz CT molecular complexity index is 507. The van der Waals surface area contributed by atoms with Crippen LogP contribution in [0.5, 0.6) is 0 Å². The van der Waals surface area contributed by atoms with E-state index in [0.717, 1.165) is 17.6 Å². The minimum Gasteiger partial charge on any atom is -0.443 e. The number of allylic oxidation sites excluding steroid dienone is 4. The Morgan fingerprint density at radius 3 is 2.48 bits per heavy atom. The number of hydrogen-bond acceptors (Lipinski definition) is 3. The van der Waals surface area contributed by atoms with Gasteiger partial charge in [-0.1, -0.05) is 31.2 Å². The van der Waals surface area contributed by atoms with Gasteiger partial charge in [-0.25, -0.2) is 9.69 Å². The number of likely N-dealkylation sites (tertiary alicyclic amines) is 1. The third kappa shape index (κ3) is 4.88. The lowest BCUT2D eigenvalue weighted by molar-refractivity contribution is -0.124. The Labute approximate surface area is 127 Å².